The molecule has 160 valence electrons. The summed E-state index contributed by atoms with van der Waals surface area (Å²) < 4.78 is 0. The van der Waals surface area contributed by atoms with E-state index in [1.54, 1.807) is 12.1 Å². The molecule has 2 N–H and O–H groups in total. The van der Waals surface area contributed by atoms with Crippen molar-refractivity contribution >= 4 is 23.0 Å². The SMILES string of the molecule is CC(C)c1ccc(NC(=O)c2ccc(N[C@@H]3CCC[C@H](C)[C@@H]3C)c([N+](=O)[O-])c2)cc1. The summed E-state index contributed by atoms with van der Waals surface area (Å²) in [5, 5.41) is 17.9. The Kier molecular flexibility index (Phi) is 6.75. The number of nitrogens with one attached hydrogen (secondary N) is 2. The van der Waals surface area contributed by atoms with Gasteiger partial charge >= 0.3 is 0 Å². The summed E-state index contributed by atoms with van der Waals surface area (Å²) in [7, 11) is 0. The lowest BCUT2D eigenvalue weighted by molar-refractivity contribution is -0.384. The number of carbonyl (C=O) groups is 1. The van der Waals surface area contributed by atoms with E-state index in [4.69, 9.17) is 0 Å². The van der Waals surface area contributed by atoms with Crippen molar-refractivity contribution in [3.63, 3.8) is 0 Å². The van der Waals surface area contributed by atoms with E-state index in [9.17, 15) is 14.9 Å². The number of carbonyl (C=O) groups excluding carboxylic acids is 1. The highest BCUT2D eigenvalue weighted by molar-refractivity contribution is 6.05. The largest absolute Gasteiger partial charge is 0.376 e. The predicted octanol–water partition coefficient (Wildman–Crippen LogP) is 6.21. The minimum Gasteiger partial charge on any atom is -0.376 e. The van der Waals surface area contributed by atoms with Gasteiger partial charge in [0.1, 0.15) is 5.69 Å². The van der Waals surface area contributed by atoms with E-state index in [1.807, 2.05) is 24.3 Å². The number of nitro groups is 1. The smallest absolute Gasteiger partial charge is 0.293 e. The fourth-order valence-corrected chi connectivity index (χ4v) is 4.09. The first-order valence-electron chi connectivity index (χ1n) is 10.7. The van der Waals surface area contributed by atoms with Crippen molar-refractivity contribution in [1.29, 1.82) is 0 Å². The van der Waals surface area contributed by atoms with Crippen molar-refractivity contribution in [3.8, 4) is 0 Å². The van der Waals surface area contributed by atoms with Gasteiger partial charge in [-0.15, -0.1) is 0 Å². The number of nitrogens with zero attached hydrogens (tertiary/aromatic N) is 1. The average molecular weight is 410 g/mol. The molecule has 1 amide bonds. The van der Waals surface area contributed by atoms with Gasteiger partial charge in [-0.1, -0.05) is 52.7 Å². The molecule has 0 heterocycles. The van der Waals surface area contributed by atoms with Gasteiger partial charge in [-0.25, -0.2) is 0 Å². The third-order valence-corrected chi connectivity index (χ3v) is 6.34. The van der Waals surface area contributed by atoms with Gasteiger partial charge in [-0.05, 0) is 54.0 Å². The fourth-order valence-electron chi connectivity index (χ4n) is 4.09. The van der Waals surface area contributed by atoms with E-state index in [1.165, 1.54) is 18.1 Å². The zero-order valence-electron chi connectivity index (χ0n) is 18.1. The topological polar surface area (TPSA) is 84.3 Å². The quantitative estimate of drug-likeness (QED) is 0.439. The van der Waals surface area contributed by atoms with Gasteiger partial charge in [0, 0.05) is 23.4 Å². The molecule has 6 heteroatoms. The van der Waals surface area contributed by atoms with Crippen molar-refractivity contribution in [3.05, 3.63) is 63.7 Å². The summed E-state index contributed by atoms with van der Waals surface area (Å²) in [4.78, 5) is 23.9. The van der Waals surface area contributed by atoms with Gasteiger partial charge < -0.3 is 10.6 Å². The maximum atomic E-state index is 12.6. The number of hydrogen-bond donors (Lipinski definition) is 2. The van der Waals surface area contributed by atoms with Crippen LogP contribution in [-0.4, -0.2) is 16.9 Å². The average Bonchev–Trinajstić information content (AvgIpc) is 2.71. The van der Waals surface area contributed by atoms with Crippen LogP contribution < -0.4 is 10.6 Å². The van der Waals surface area contributed by atoms with E-state index < -0.39 is 4.92 Å². The van der Waals surface area contributed by atoms with Crippen LogP contribution in [0, 0.1) is 22.0 Å². The monoisotopic (exact) mass is 409 g/mol. The van der Waals surface area contributed by atoms with E-state index in [-0.39, 0.29) is 23.2 Å². The number of hydrogen-bond acceptors (Lipinski definition) is 4. The second kappa shape index (κ2) is 9.28. The molecule has 3 atom stereocenters. The van der Waals surface area contributed by atoms with Gasteiger partial charge in [-0.2, -0.15) is 0 Å². The summed E-state index contributed by atoms with van der Waals surface area (Å²) in [5.74, 6) is 1.08. The number of benzene rings is 2. The molecule has 6 nitrogen and oxygen atoms in total. The second-order valence-corrected chi connectivity index (χ2v) is 8.74. The van der Waals surface area contributed by atoms with Crippen LogP contribution in [-0.2, 0) is 0 Å². The Morgan fingerprint density at radius 3 is 2.43 bits per heavy atom. The van der Waals surface area contributed by atoms with Crippen molar-refractivity contribution in [2.45, 2.75) is 58.9 Å². The molecule has 1 fully saturated rings. The van der Waals surface area contributed by atoms with Crippen LogP contribution in [0.25, 0.3) is 0 Å². The summed E-state index contributed by atoms with van der Waals surface area (Å²) in [6.07, 6.45) is 3.31. The lowest BCUT2D eigenvalue weighted by Crippen LogP contribution is -2.35. The third-order valence-electron chi connectivity index (χ3n) is 6.34. The van der Waals surface area contributed by atoms with Crippen LogP contribution in [0.4, 0.5) is 17.1 Å². The Morgan fingerprint density at radius 1 is 1.10 bits per heavy atom. The first-order valence-corrected chi connectivity index (χ1v) is 10.7. The molecule has 0 aliphatic heterocycles. The minimum atomic E-state index is -0.423. The van der Waals surface area contributed by atoms with E-state index in [0.717, 1.165) is 12.8 Å². The molecule has 0 saturated heterocycles. The van der Waals surface area contributed by atoms with E-state index >= 15 is 0 Å². The number of nitro benzene ring substituents is 1. The Labute approximate surface area is 178 Å². The van der Waals surface area contributed by atoms with E-state index in [2.05, 4.69) is 38.3 Å². The predicted molar refractivity (Wildman–Crippen MR) is 121 cm³/mol. The maximum Gasteiger partial charge on any atom is 0.293 e. The Bertz CT molecular complexity index is 908. The Hall–Kier alpha value is -2.89. The van der Waals surface area contributed by atoms with Crippen molar-refractivity contribution in [2.75, 3.05) is 10.6 Å². The normalized spacial score (nSPS) is 21.3. The van der Waals surface area contributed by atoms with Crippen molar-refractivity contribution < 1.29 is 9.72 Å². The molecule has 0 aromatic heterocycles. The third kappa shape index (κ3) is 4.99. The number of rotatable bonds is 6. The molecular formula is C24H31N3O3. The first-order chi connectivity index (χ1) is 14.3. The van der Waals surface area contributed by atoms with Crippen LogP contribution >= 0.6 is 0 Å². The standard InChI is InChI=1S/C24H31N3O3/c1-15(2)18-8-11-20(12-9-18)25-24(28)19-10-13-22(23(14-19)27(29)30)26-21-7-5-6-16(3)17(21)4/h8-17,21,26H,5-7H2,1-4H3,(H,25,28)/t16-,17-,21+/m0/s1. The van der Waals surface area contributed by atoms with Gasteiger partial charge in [0.15, 0.2) is 0 Å². The molecule has 2 aromatic rings. The van der Waals surface area contributed by atoms with Gasteiger partial charge in [0.05, 0.1) is 4.92 Å². The molecule has 1 aliphatic rings. The molecular weight excluding hydrogens is 378 g/mol. The lowest BCUT2D eigenvalue weighted by atomic mass is 9.78. The molecule has 30 heavy (non-hydrogen) atoms. The Morgan fingerprint density at radius 2 is 1.80 bits per heavy atom. The molecule has 0 unspecified atom stereocenters. The highest BCUT2D eigenvalue weighted by Gasteiger charge is 2.29. The highest BCUT2D eigenvalue weighted by atomic mass is 16.6. The van der Waals surface area contributed by atoms with E-state index in [0.29, 0.717) is 29.1 Å². The number of amides is 1. The highest BCUT2D eigenvalue weighted by Crippen LogP contribution is 2.34. The number of anilines is 2. The first kappa shape index (κ1) is 21.8. The van der Waals surface area contributed by atoms with Gasteiger partial charge in [-0.3, -0.25) is 14.9 Å². The maximum absolute atomic E-state index is 12.6. The van der Waals surface area contributed by atoms with Crippen molar-refractivity contribution in [2.24, 2.45) is 11.8 Å². The fraction of sp³-hybridized carbons (Fsp3) is 0.458. The summed E-state index contributed by atoms with van der Waals surface area (Å²) in [5.41, 5.74) is 2.53. The van der Waals surface area contributed by atoms with Gasteiger partial charge in [0.2, 0.25) is 0 Å². The lowest BCUT2D eigenvalue weighted by Gasteiger charge is -2.35. The summed E-state index contributed by atoms with van der Waals surface area (Å²) in [6, 6.07) is 12.5. The summed E-state index contributed by atoms with van der Waals surface area (Å²) >= 11 is 0. The van der Waals surface area contributed by atoms with Crippen LogP contribution in [0.15, 0.2) is 42.5 Å². The molecule has 2 aromatic carbocycles. The molecule has 3 rings (SSSR count). The van der Waals surface area contributed by atoms with Crippen molar-refractivity contribution in [1.82, 2.24) is 0 Å². The molecule has 0 spiro atoms. The van der Waals surface area contributed by atoms with Crippen LogP contribution in [0.5, 0.6) is 0 Å². The van der Waals surface area contributed by atoms with Gasteiger partial charge in [0.25, 0.3) is 11.6 Å². The van der Waals surface area contributed by atoms with Crippen LogP contribution in [0.3, 0.4) is 0 Å². The second-order valence-electron chi connectivity index (χ2n) is 8.74. The zero-order chi connectivity index (χ0) is 21.8. The minimum absolute atomic E-state index is 0.0665. The Balaban J connectivity index is 1.77. The summed E-state index contributed by atoms with van der Waals surface area (Å²) in [6.45, 7) is 8.64. The molecule has 1 aliphatic carbocycles. The van der Waals surface area contributed by atoms with Crippen LogP contribution in [0.1, 0.15) is 68.8 Å². The molecule has 1 saturated carbocycles. The molecule has 0 radical (unpaired) electrons. The zero-order valence-corrected chi connectivity index (χ0v) is 18.1. The van der Waals surface area contributed by atoms with Crippen LogP contribution in [0.2, 0.25) is 0 Å². The molecule has 0 bridgehead atoms.